The summed E-state index contributed by atoms with van der Waals surface area (Å²) in [5.41, 5.74) is 1.80. The predicted molar refractivity (Wildman–Crippen MR) is 66.4 cm³/mol. The standard InChI is InChI=1S/C11H19N3OS/c1-4-5-13-11(15)9(3)14-8(2)10-6-12-7-16-10/h6-9,14H,4-5H2,1-3H3,(H,13,15). The predicted octanol–water partition coefficient (Wildman–Crippen LogP) is 1.71. The molecule has 0 fully saturated rings. The second kappa shape index (κ2) is 6.60. The molecule has 1 rings (SSSR count). The van der Waals surface area contributed by atoms with Gasteiger partial charge >= 0.3 is 0 Å². The molecule has 2 atom stereocenters. The minimum absolute atomic E-state index is 0.0539. The number of aromatic nitrogens is 1. The van der Waals surface area contributed by atoms with Gasteiger partial charge in [-0.25, -0.2) is 0 Å². The Balaban J connectivity index is 2.38. The summed E-state index contributed by atoms with van der Waals surface area (Å²) in [7, 11) is 0. The van der Waals surface area contributed by atoms with Crippen molar-refractivity contribution in [2.75, 3.05) is 6.54 Å². The minimum Gasteiger partial charge on any atom is -0.355 e. The summed E-state index contributed by atoms with van der Waals surface area (Å²) in [4.78, 5) is 16.8. The van der Waals surface area contributed by atoms with Crippen LogP contribution in [0.2, 0.25) is 0 Å². The molecule has 0 aliphatic carbocycles. The van der Waals surface area contributed by atoms with Crippen LogP contribution in [0.1, 0.15) is 38.1 Å². The number of thiazole rings is 1. The number of hydrogen-bond acceptors (Lipinski definition) is 4. The SMILES string of the molecule is CCCNC(=O)C(C)NC(C)c1cncs1. The van der Waals surface area contributed by atoms with E-state index in [2.05, 4.69) is 15.6 Å². The lowest BCUT2D eigenvalue weighted by atomic mass is 10.2. The molecular formula is C11H19N3OS. The van der Waals surface area contributed by atoms with Crippen LogP contribution in [0.3, 0.4) is 0 Å². The zero-order chi connectivity index (χ0) is 12.0. The summed E-state index contributed by atoms with van der Waals surface area (Å²) in [5.74, 6) is 0.0539. The molecule has 0 aliphatic heterocycles. The van der Waals surface area contributed by atoms with Crippen LogP contribution in [0.15, 0.2) is 11.7 Å². The minimum atomic E-state index is -0.177. The Morgan fingerprint density at radius 3 is 2.88 bits per heavy atom. The number of nitrogens with zero attached hydrogens (tertiary/aromatic N) is 1. The third kappa shape index (κ3) is 3.90. The maximum atomic E-state index is 11.6. The van der Waals surface area contributed by atoms with Crippen LogP contribution >= 0.6 is 11.3 Å². The van der Waals surface area contributed by atoms with E-state index in [1.165, 1.54) is 0 Å². The average Bonchev–Trinajstić information content (AvgIpc) is 2.79. The van der Waals surface area contributed by atoms with Crippen molar-refractivity contribution in [1.82, 2.24) is 15.6 Å². The van der Waals surface area contributed by atoms with Crippen molar-refractivity contribution in [3.63, 3.8) is 0 Å². The molecule has 90 valence electrons. The van der Waals surface area contributed by atoms with Crippen LogP contribution in [0.25, 0.3) is 0 Å². The van der Waals surface area contributed by atoms with E-state index < -0.39 is 0 Å². The number of amides is 1. The first-order valence-electron chi connectivity index (χ1n) is 5.57. The number of carbonyl (C=O) groups excluding carboxylic acids is 1. The molecule has 1 amide bonds. The normalized spacial score (nSPS) is 14.4. The van der Waals surface area contributed by atoms with E-state index in [9.17, 15) is 4.79 Å². The molecule has 0 saturated carbocycles. The van der Waals surface area contributed by atoms with Gasteiger partial charge < -0.3 is 5.32 Å². The van der Waals surface area contributed by atoms with Crippen LogP contribution in [-0.2, 0) is 4.79 Å². The van der Waals surface area contributed by atoms with E-state index in [1.807, 2.05) is 27.0 Å². The molecule has 0 saturated heterocycles. The van der Waals surface area contributed by atoms with Crippen molar-refractivity contribution in [2.45, 2.75) is 39.3 Å². The van der Waals surface area contributed by atoms with Crippen LogP contribution < -0.4 is 10.6 Å². The highest BCUT2D eigenvalue weighted by molar-refractivity contribution is 7.09. The van der Waals surface area contributed by atoms with Crippen molar-refractivity contribution >= 4 is 17.2 Å². The Morgan fingerprint density at radius 2 is 2.31 bits per heavy atom. The van der Waals surface area contributed by atoms with Crippen molar-refractivity contribution in [2.24, 2.45) is 0 Å². The van der Waals surface area contributed by atoms with Gasteiger partial charge in [0.1, 0.15) is 0 Å². The molecule has 0 aromatic carbocycles. The van der Waals surface area contributed by atoms with E-state index in [4.69, 9.17) is 0 Å². The van der Waals surface area contributed by atoms with Crippen molar-refractivity contribution in [3.8, 4) is 0 Å². The lowest BCUT2D eigenvalue weighted by molar-refractivity contribution is -0.122. The lowest BCUT2D eigenvalue weighted by Gasteiger charge is -2.18. The summed E-state index contributed by atoms with van der Waals surface area (Å²) < 4.78 is 0. The van der Waals surface area contributed by atoms with E-state index >= 15 is 0 Å². The van der Waals surface area contributed by atoms with Gasteiger partial charge in [0.15, 0.2) is 0 Å². The van der Waals surface area contributed by atoms with Crippen molar-refractivity contribution in [3.05, 3.63) is 16.6 Å². The molecule has 1 heterocycles. The molecule has 1 aromatic heterocycles. The molecule has 5 heteroatoms. The first-order chi connectivity index (χ1) is 7.65. The molecular weight excluding hydrogens is 222 g/mol. The highest BCUT2D eigenvalue weighted by Gasteiger charge is 2.16. The van der Waals surface area contributed by atoms with Crippen molar-refractivity contribution < 1.29 is 4.79 Å². The van der Waals surface area contributed by atoms with Gasteiger partial charge in [0.05, 0.1) is 11.6 Å². The molecule has 0 spiro atoms. The Bertz CT molecular complexity index is 313. The quantitative estimate of drug-likeness (QED) is 0.797. The fourth-order valence-electron chi connectivity index (χ4n) is 1.37. The Labute approximate surface area is 100 Å². The summed E-state index contributed by atoms with van der Waals surface area (Å²) >= 11 is 1.60. The number of hydrogen-bond donors (Lipinski definition) is 2. The van der Waals surface area contributed by atoms with Gasteiger partial charge in [-0.15, -0.1) is 11.3 Å². The van der Waals surface area contributed by atoms with E-state index in [-0.39, 0.29) is 18.0 Å². The Hall–Kier alpha value is -0.940. The maximum absolute atomic E-state index is 11.6. The molecule has 4 nitrogen and oxygen atoms in total. The highest BCUT2D eigenvalue weighted by atomic mass is 32.1. The molecule has 2 unspecified atom stereocenters. The molecule has 1 aromatic rings. The fourth-order valence-corrected chi connectivity index (χ4v) is 2.01. The monoisotopic (exact) mass is 241 g/mol. The van der Waals surface area contributed by atoms with E-state index in [0.717, 1.165) is 17.8 Å². The van der Waals surface area contributed by atoms with E-state index in [1.54, 1.807) is 16.8 Å². The van der Waals surface area contributed by atoms with Gasteiger partial charge in [0.25, 0.3) is 0 Å². The lowest BCUT2D eigenvalue weighted by Crippen LogP contribution is -2.43. The average molecular weight is 241 g/mol. The zero-order valence-electron chi connectivity index (χ0n) is 9.99. The van der Waals surface area contributed by atoms with Crippen molar-refractivity contribution in [1.29, 1.82) is 0 Å². The van der Waals surface area contributed by atoms with Gasteiger partial charge in [0, 0.05) is 23.7 Å². The third-order valence-electron chi connectivity index (χ3n) is 2.32. The first-order valence-corrected chi connectivity index (χ1v) is 6.45. The van der Waals surface area contributed by atoms with E-state index in [0.29, 0.717) is 0 Å². The van der Waals surface area contributed by atoms with Crippen LogP contribution in [0, 0.1) is 0 Å². The van der Waals surface area contributed by atoms with Gasteiger partial charge in [-0.1, -0.05) is 6.92 Å². The molecule has 2 N–H and O–H groups in total. The second-order valence-electron chi connectivity index (χ2n) is 3.80. The summed E-state index contributed by atoms with van der Waals surface area (Å²) in [6, 6.07) is -0.0153. The van der Waals surface area contributed by atoms with Crippen LogP contribution in [0.4, 0.5) is 0 Å². The maximum Gasteiger partial charge on any atom is 0.236 e. The molecule has 0 radical (unpaired) electrons. The summed E-state index contributed by atoms with van der Waals surface area (Å²) in [5, 5.41) is 6.12. The Kier molecular flexibility index (Phi) is 5.42. The molecule has 0 bridgehead atoms. The van der Waals surface area contributed by atoms with Gasteiger partial charge in [-0.05, 0) is 20.3 Å². The summed E-state index contributed by atoms with van der Waals surface area (Å²) in [6.45, 7) is 6.69. The van der Waals surface area contributed by atoms with Gasteiger partial charge in [-0.3, -0.25) is 15.1 Å². The number of rotatable bonds is 6. The number of carbonyl (C=O) groups is 1. The molecule has 16 heavy (non-hydrogen) atoms. The smallest absolute Gasteiger partial charge is 0.236 e. The highest BCUT2D eigenvalue weighted by Crippen LogP contribution is 2.16. The summed E-state index contributed by atoms with van der Waals surface area (Å²) in [6.07, 6.45) is 2.79. The van der Waals surface area contributed by atoms with Crippen LogP contribution in [0.5, 0.6) is 0 Å². The topological polar surface area (TPSA) is 54.0 Å². The van der Waals surface area contributed by atoms with Gasteiger partial charge in [0.2, 0.25) is 5.91 Å². The second-order valence-corrected chi connectivity index (χ2v) is 4.72. The number of nitrogens with one attached hydrogen (secondary N) is 2. The zero-order valence-corrected chi connectivity index (χ0v) is 10.8. The first kappa shape index (κ1) is 13.1. The molecule has 0 aliphatic rings. The third-order valence-corrected chi connectivity index (χ3v) is 3.28. The Morgan fingerprint density at radius 1 is 1.56 bits per heavy atom. The largest absolute Gasteiger partial charge is 0.355 e. The van der Waals surface area contributed by atoms with Gasteiger partial charge in [-0.2, -0.15) is 0 Å². The van der Waals surface area contributed by atoms with Crippen LogP contribution in [-0.4, -0.2) is 23.5 Å². The fraction of sp³-hybridized carbons (Fsp3) is 0.636.